The number of aliphatic carboxylic acids is 1. The number of rotatable bonds is 1. The average molecular weight is 288 g/mol. The zero-order chi connectivity index (χ0) is 12.7. The quantitative estimate of drug-likeness (QED) is 0.804. The Morgan fingerprint density at radius 3 is 1.79 bits per heavy atom. The van der Waals surface area contributed by atoms with Gasteiger partial charge in [0, 0.05) is 0 Å². The van der Waals surface area contributed by atoms with Gasteiger partial charge >= 0.3 is 5.97 Å². The normalized spacial score (nSPS) is 45.5. The minimum absolute atomic E-state index is 0. The Morgan fingerprint density at radius 2 is 1.58 bits per heavy atom. The topological polar surface area (TPSA) is 55.8 Å². The van der Waals surface area contributed by atoms with E-state index in [4.69, 9.17) is 14.6 Å². The molecule has 0 aromatic heterocycles. The van der Waals surface area contributed by atoms with Gasteiger partial charge in [0.1, 0.15) is 0 Å². The van der Waals surface area contributed by atoms with E-state index in [1.165, 1.54) is 19.3 Å². The van der Waals surface area contributed by atoms with Gasteiger partial charge in [-0.1, -0.05) is 6.92 Å². The maximum Gasteiger partial charge on any atom is 0.309 e. The maximum atomic E-state index is 10.5. The molecule has 0 spiro atoms. The van der Waals surface area contributed by atoms with Gasteiger partial charge in [-0.25, -0.2) is 0 Å². The molecule has 4 unspecified atom stereocenters. The lowest BCUT2D eigenvalue weighted by Gasteiger charge is -2.12. The fourth-order valence-corrected chi connectivity index (χ4v) is 3.79. The molecular weight excluding hydrogens is 264 g/mol. The molecule has 110 valence electrons. The fraction of sp³-hybridized carbons (Fsp3) is 0.929. The Kier molecular flexibility index (Phi) is 4.79. The van der Waals surface area contributed by atoms with Crippen LogP contribution >= 0.6 is 13.5 Å². The number of carboxylic acid groups (broad SMARTS) is 1. The van der Waals surface area contributed by atoms with Crippen molar-refractivity contribution >= 4 is 19.5 Å². The lowest BCUT2D eigenvalue weighted by Crippen LogP contribution is -2.24. The zero-order valence-electron chi connectivity index (χ0n) is 11.4. The van der Waals surface area contributed by atoms with Crippen LogP contribution in [0.3, 0.4) is 0 Å². The second-order valence-electron chi connectivity index (χ2n) is 6.14. The molecule has 0 amide bonds. The van der Waals surface area contributed by atoms with E-state index >= 15 is 0 Å². The summed E-state index contributed by atoms with van der Waals surface area (Å²) in [7, 11) is 0. The standard InChI is InChI=1S/C7H10O3.C7H12O.H2S/c8-7(9)5-3-4-1-2-6(5)10-4;1-5-4-6-2-3-7(5)8-6;/h4-6H,1-3H2,(H,8,9);5-7H,2-4H2,1H3;1H2/t4?,5-,6?;5-,6?,7?;/m01./s1. The van der Waals surface area contributed by atoms with Crippen molar-refractivity contribution in [3.8, 4) is 0 Å². The molecule has 0 aromatic rings. The molecule has 0 radical (unpaired) electrons. The molecule has 4 bridgehead atoms. The van der Waals surface area contributed by atoms with E-state index in [1.807, 2.05) is 0 Å². The Hall–Kier alpha value is -0.260. The molecule has 0 aromatic carbocycles. The summed E-state index contributed by atoms with van der Waals surface area (Å²) in [6, 6.07) is 0. The summed E-state index contributed by atoms with van der Waals surface area (Å²) in [6.07, 6.45) is 8.30. The van der Waals surface area contributed by atoms with Crippen molar-refractivity contribution in [3.63, 3.8) is 0 Å². The summed E-state index contributed by atoms with van der Waals surface area (Å²) in [5, 5.41) is 8.66. The van der Waals surface area contributed by atoms with Gasteiger partial charge in [0.2, 0.25) is 0 Å². The van der Waals surface area contributed by atoms with Crippen molar-refractivity contribution < 1.29 is 19.4 Å². The van der Waals surface area contributed by atoms with Gasteiger partial charge in [-0.2, -0.15) is 13.5 Å². The number of hydrogen-bond donors (Lipinski definition) is 1. The van der Waals surface area contributed by atoms with Crippen LogP contribution in [-0.4, -0.2) is 35.5 Å². The van der Waals surface area contributed by atoms with Crippen LogP contribution in [0, 0.1) is 11.8 Å². The maximum absolute atomic E-state index is 10.5. The third-order valence-corrected chi connectivity index (χ3v) is 4.83. The summed E-state index contributed by atoms with van der Waals surface area (Å²) < 4.78 is 10.9. The smallest absolute Gasteiger partial charge is 0.309 e. The van der Waals surface area contributed by atoms with E-state index in [2.05, 4.69) is 6.92 Å². The van der Waals surface area contributed by atoms with Gasteiger partial charge in [0.05, 0.1) is 30.3 Å². The minimum atomic E-state index is -0.688. The van der Waals surface area contributed by atoms with E-state index in [0.717, 1.165) is 25.2 Å². The van der Waals surface area contributed by atoms with Crippen molar-refractivity contribution in [2.45, 2.75) is 69.9 Å². The van der Waals surface area contributed by atoms with Crippen LogP contribution in [0.2, 0.25) is 0 Å². The number of carbonyl (C=O) groups is 1. The summed E-state index contributed by atoms with van der Waals surface area (Å²) in [5.74, 6) is -0.0419. The van der Waals surface area contributed by atoms with Gasteiger partial charge in [-0.15, -0.1) is 0 Å². The molecular formula is C14H24O4S. The highest BCUT2D eigenvalue weighted by molar-refractivity contribution is 7.59. The molecule has 0 aliphatic carbocycles. The van der Waals surface area contributed by atoms with Crippen LogP contribution < -0.4 is 0 Å². The van der Waals surface area contributed by atoms with Gasteiger partial charge in [-0.05, 0) is 44.4 Å². The molecule has 19 heavy (non-hydrogen) atoms. The van der Waals surface area contributed by atoms with Crippen molar-refractivity contribution in [1.82, 2.24) is 0 Å². The van der Waals surface area contributed by atoms with Crippen LogP contribution in [0.5, 0.6) is 0 Å². The number of fused-ring (bicyclic) bond motifs is 4. The number of ether oxygens (including phenoxy) is 2. The number of carboxylic acids is 1. The van der Waals surface area contributed by atoms with Crippen LogP contribution in [0.15, 0.2) is 0 Å². The predicted molar refractivity (Wildman–Crippen MR) is 75.7 cm³/mol. The highest BCUT2D eigenvalue weighted by atomic mass is 32.1. The van der Waals surface area contributed by atoms with E-state index in [-0.39, 0.29) is 31.6 Å². The third kappa shape index (κ3) is 3.09. The average Bonchev–Trinajstić information content (AvgIpc) is 3.09. The van der Waals surface area contributed by atoms with Gasteiger partial charge < -0.3 is 14.6 Å². The summed E-state index contributed by atoms with van der Waals surface area (Å²) in [4.78, 5) is 10.5. The first-order valence-corrected chi connectivity index (χ1v) is 7.17. The molecule has 4 rings (SSSR count). The van der Waals surface area contributed by atoms with E-state index in [1.54, 1.807) is 0 Å². The Morgan fingerprint density at radius 1 is 1.00 bits per heavy atom. The fourth-order valence-electron chi connectivity index (χ4n) is 3.79. The molecule has 4 aliphatic heterocycles. The molecule has 1 N–H and O–H groups in total. The van der Waals surface area contributed by atoms with Gasteiger partial charge in [0.25, 0.3) is 0 Å². The van der Waals surface area contributed by atoms with Crippen LogP contribution in [0.25, 0.3) is 0 Å². The molecule has 4 aliphatic rings. The minimum Gasteiger partial charge on any atom is -0.481 e. The highest BCUT2D eigenvalue weighted by Crippen LogP contribution is 2.39. The third-order valence-electron chi connectivity index (χ3n) is 4.83. The number of hydrogen-bond acceptors (Lipinski definition) is 3. The van der Waals surface area contributed by atoms with Crippen LogP contribution in [0.4, 0.5) is 0 Å². The van der Waals surface area contributed by atoms with Crippen molar-refractivity contribution in [1.29, 1.82) is 0 Å². The Balaban J connectivity index is 0.000000136. The van der Waals surface area contributed by atoms with E-state index in [0.29, 0.717) is 12.2 Å². The summed E-state index contributed by atoms with van der Waals surface area (Å²) in [6.45, 7) is 2.30. The second kappa shape index (κ2) is 6.02. The molecule has 4 heterocycles. The molecule has 6 atom stereocenters. The molecule has 4 fully saturated rings. The monoisotopic (exact) mass is 288 g/mol. The first kappa shape index (κ1) is 15.1. The van der Waals surface area contributed by atoms with E-state index < -0.39 is 5.97 Å². The lowest BCUT2D eigenvalue weighted by molar-refractivity contribution is -0.143. The predicted octanol–water partition coefficient (Wildman–Crippen LogP) is 2.33. The SMILES string of the molecule is C[C@@H]1CC2CCC1O2.O=C(O)[C@H]1CC2CCC1O2.S. The van der Waals surface area contributed by atoms with Gasteiger partial charge in [-0.3, -0.25) is 4.79 Å². The first-order valence-electron chi connectivity index (χ1n) is 7.17. The van der Waals surface area contributed by atoms with Crippen LogP contribution in [0.1, 0.15) is 45.4 Å². The summed E-state index contributed by atoms with van der Waals surface area (Å²) in [5.41, 5.74) is 0. The largest absolute Gasteiger partial charge is 0.481 e. The van der Waals surface area contributed by atoms with Crippen molar-refractivity contribution in [2.24, 2.45) is 11.8 Å². The Bertz CT molecular complexity index is 333. The molecule has 4 nitrogen and oxygen atoms in total. The van der Waals surface area contributed by atoms with Crippen LogP contribution in [-0.2, 0) is 14.3 Å². The van der Waals surface area contributed by atoms with Gasteiger partial charge in [0.15, 0.2) is 0 Å². The highest BCUT2D eigenvalue weighted by Gasteiger charge is 2.44. The zero-order valence-corrected chi connectivity index (χ0v) is 12.4. The summed E-state index contributed by atoms with van der Waals surface area (Å²) >= 11 is 0. The Labute approximate surface area is 121 Å². The molecule has 5 heteroatoms. The van der Waals surface area contributed by atoms with Crippen molar-refractivity contribution in [3.05, 3.63) is 0 Å². The lowest BCUT2D eigenvalue weighted by atomic mass is 9.89. The second-order valence-corrected chi connectivity index (χ2v) is 6.14. The molecule has 4 saturated heterocycles. The van der Waals surface area contributed by atoms with E-state index in [9.17, 15) is 4.79 Å². The van der Waals surface area contributed by atoms with Crippen molar-refractivity contribution in [2.75, 3.05) is 0 Å². The first-order chi connectivity index (χ1) is 8.63. The molecule has 0 saturated carbocycles.